The fourth-order valence-corrected chi connectivity index (χ4v) is 4.66. The zero-order valence-corrected chi connectivity index (χ0v) is 18.2. The quantitative estimate of drug-likeness (QED) is 0.458. The van der Waals surface area contributed by atoms with Gasteiger partial charge in [0.05, 0.1) is 27.5 Å². The molecule has 0 saturated carbocycles. The number of benzene rings is 3. The van der Waals surface area contributed by atoms with Crippen LogP contribution in [0, 0.1) is 5.92 Å². The number of anilines is 2. The van der Waals surface area contributed by atoms with E-state index in [1.165, 1.54) is 6.07 Å². The van der Waals surface area contributed by atoms with Crippen LogP contribution in [-0.2, 0) is 14.4 Å². The lowest BCUT2D eigenvalue weighted by molar-refractivity contribution is -0.126. The number of hydrogen-bond acceptors (Lipinski definition) is 4. The summed E-state index contributed by atoms with van der Waals surface area (Å²) in [6, 6.07) is 20.6. The topological polar surface area (TPSA) is 49.9 Å². The van der Waals surface area contributed by atoms with Crippen molar-refractivity contribution in [2.75, 3.05) is 9.96 Å². The van der Waals surface area contributed by atoms with Gasteiger partial charge in [0, 0.05) is 5.02 Å². The normalized spacial score (nSPS) is 22.9. The van der Waals surface area contributed by atoms with Gasteiger partial charge < -0.3 is 0 Å². The molecule has 3 aromatic rings. The van der Waals surface area contributed by atoms with Gasteiger partial charge in [0.1, 0.15) is 5.92 Å². The van der Waals surface area contributed by atoms with E-state index in [9.17, 15) is 9.59 Å². The van der Waals surface area contributed by atoms with E-state index in [2.05, 4.69) is 0 Å². The van der Waals surface area contributed by atoms with E-state index in [4.69, 9.17) is 39.6 Å². The fourth-order valence-electron chi connectivity index (χ4n) is 4.12. The molecule has 0 aromatic heterocycles. The molecule has 5 nitrogen and oxygen atoms in total. The number of nitrogens with zero attached hydrogens (tertiary/aromatic N) is 2. The zero-order chi connectivity index (χ0) is 21.7. The van der Waals surface area contributed by atoms with E-state index in [-0.39, 0.29) is 10.9 Å². The Morgan fingerprint density at radius 2 is 1.42 bits per heavy atom. The Morgan fingerprint density at radius 1 is 0.710 bits per heavy atom. The lowest BCUT2D eigenvalue weighted by Crippen LogP contribution is -2.37. The molecule has 156 valence electrons. The number of carbonyl (C=O) groups is 2. The molecule has 0 radical (unpaired) electrons. The van der Waals surface area contributed by atoms with Gasteiger partial charge in [0.15, 0.2) is 6.10 Å². The Morgan fingerprint density at radius 3 is 2.13 bits per heavy atom. The summed E-state index contributed by atoms with van der Waals surface area (Å²) in [5.74, 6) is -1.61. The van der Waals surface area contributed by atoms with E-state index in [1.54, 1.807) is 23.3 Å². The zero-order valence-electron chi connectivity index (χ0n) is 15.9. The van der Waals surface area contributed by atoms with Crippen LogP contribution in [0.4, 0.5) is 11.4 Å². The molecule has 0 N–H and O–H groups in total. The third-order valence-corrected chi connectivity index (χ3v) is 6.59. The molecular weight excluding hydrogens is 459 g/mol. The summed E-state index contributed by atoms with van der Waals surface area (Å²) < 4.78 is 0. The van der Waals surface area contributed by atoms with Crippen LogP contribution in [0.5, 0.6) is 0 Å². The number of halogens is 3. The largest absolute Gasteiger partial charge is 0.273 e. The Labute approximate surface area is 193 Å². The summed E-state index contributed by atoms with van der Waals surface area (Å²) in [5, 5.41) is 2.70. The highest BCUT2D eigenvalue weighted by molar-refractivity contribution is 6.42. The molecule has 0 bridgehead atoms. The van der Waals surface area contributed by atoms with E-state index in [0.29, 0.717) is 21.3 Å². The van der Waals surface area contributed by atoms with Crippen molar-refractivity contribution >= 4 is 58.0 Å². The highest BCUT2D eigenvalue weighted by atomic mass is 35.5. The van der Waals surface area contributed by atoms with Gasteiger partial charge in [-0.1, -0.05) is 71.2 Å². The van der Waals surface area contributed by atoms with Crippen molar-refractivity contribution in [2.45, 2.75) is 12.1 Å². The van der Waals surface area contributed by atoms with Gasteiger partial charge in [0.25, 0.3) is 5.91 Å². The summed E-state index contributed by atoms with van der Waals surface area (Å²) in [6.45, 7) is 0. The van der Waals surface area contributed by atoms with Crippen LogP contribution in [0.25, 0.3) is 0 Å². The minimum atomic E-state index is -0.983. The molecule has 2 fully saturated rings. The van der Waals surface area contributed by atoms with Crippen LogP contribution < -0.4 is 9.96 Å². The van der Waals surface area contributed by atoms with Crippen molar-refractivity contribution in [3.05, 3.63) is 93.4 Å². The first-order chi connectivity index (χ1) is 15.0. The highest BCUT2D eigenvalue weighted by Gasteiger charge is 2.60. The number of hydroxylamine groups is 1. The average molecular weight is 474 g/mol. The highest BCUT2D eigenvalue weighted by Crippen LogP contribution is 2.49. The second kappa shape index (κ2) is 7.84. The van der Waals surface area contributed by atoms with Crippen molar-refractivity contribution < 1.29 is 14.4 Å². The molecule has 3 aromatic carbocycles. The first-order valence-corrected chi connectivity index (χ1v) is 10.7. The van der Waals surface area contributed by atoms with Gasteiger partial charge in [-0.2, -0.15) is 0 Å². The number of imide groups is 1. The molecule has 2 saturated heterocycles. The Hall–Kier alpha value is -2.57. The van der Waals surface area contributed by atoms with Crippen LogP contribution in [-0.4, -0.2) is 17.9 Å². The van der Waals surface area contributed by atoms with Gasteiger partial charge in [-0.15, -0.1) is 0 Å². The van der Waals surface area contributed by atoms with Crippen molar-refractivity contribution in [1.82, 2.24) is 0 Å². The summed E-state index contributed by atoms with van der Waals surface area (Å²) in [4.78, 5) is 34.0. The standard InChI is InChI=1S/C23H15Cl3N2O3/c24-16-9-5-4-8-15(16)20-19-21(31-28(20)13-6-2-1-3-7-13)23(30)27(22(19)29)14-10-11-17(25)18(26)12-14/h1-12,19-21H. The number of fused-ring (bicyclic) bond motifs is 1. The number of hydrogen-bond donors (Lipinski definition) is 0. The van der Waals surface area contributed by atoms with E-state index in [1.807, 2.05) is 48.5 Å². The Balaban J connectivity index is 1.60. The maximum absolute atomic E-state index is 13.5. The third-order valence-electron chi connectivity index (χ3n) is 5.51. The first-order valence-electron chi connectivity index (χ1n) is 9.55. The van der Waals surface area contributed by atoms with E-state index >= 15 is 0 Å². The maximum Gasteiger partial charge on any atom is 0.266 e. The summed E-state index contributed by atoms with van der Waals surface area (Å²) in [6.07, 6.45) is -0.983. The molecule has 31 heavy (non-hydrogen) atoms. The Bertz CT molecular complexity index is 1190. The lowest BCUT2D eigenvalue weighted by atomic mass is 9.90. The molecule has 3 atom stereocenters. The summed E-state index contributed by atoms with van der Waals surface area (Å²) in [7, 11) is 0. The first kappa shape index (κ1) is 20.3. The van der Waals surface area contributed by atoms with Crippen molar-refractivity contribution in [2.24, 2.45) is 5.92 Å². The van der Waals surface area contributed by atoms with Gasteiger partial charge in [-0.3, -0.25) is 14.4 Å². The molecule has 2 amide bonds. The second-order valence-electron chi connectivity index (χ2n) is 7.29. The second-order valence-corrected chi connectivity index (χ2v) is 8.51. The molecule has 3 unspecified atom stereocenters. The molecule has 2 heterocycles. The predicted molar refractivity (Wildman–Crippen MR) is 120 cm³/mol. The smallest absolute Gasteiger partial charge is 0.266 e. The van der Waals surface area contributed by atoms with Gasteiger partial charge in [-0.25, -0.2) is 9.96 Å². The van der Waals surface area contributed by atoms with Crippen LogP contribution in [0.15, 0.2) is 72.8 Å². The summed E-state index contributed by atoms with van der Waals surface area (Å²) in [5.41, 5.74) is 1.78. The Kier molecular flexibility index (Phi) is 5.15. The van der Waals surface area contributed by atoms with E-state index in [0.717, 1.165) is 10.6 Å². The van der Waals surface area contributed by atoms with Crippen LogP contribution in [0.1, 0.15) is 11.6 Å². The van der Waals surface area contributed by atoms with Gasteiger partial charge in [-0.05, 0) is 42.0 Å². The molecule has 8 heteroatoms. The minimum Gasteiger partial charge on any atom is -0.273 e. The molecule has 0 aliphatic carbocycles. The van der Waals surface area contributed by atoms with Crippen molar-refractivity contribution in [1.29, 1.82) is 0 Å². The predicted octanol–water partition coefficient (Wildman–Crippen LogP) is 5.70. The fraction of sp³-hybridized carbons (Fsp3) is 0.130. The number of carbonyl (C=O) groups excluding carboxylic acids is 2. The van der Waals surface area contributed by atoms with Crippen LogP contribution >= 0.6 is 34.8 Å². The molecule has 5 rings (SSSR count). The van der Waals surface area contributed by atoms with Gasteiger partial charge in [0.2, 0.25) is 5.91 Å². The van der Waals surface area contributed by atoms with E-state index < -0.39 is 24.0 Å². The molecule has 0 spiro atoms. The maximum atomic E-state index is 13.5. The monoisotopic (exact) mass is 472 g/mol. The molecular formula is C23H15Cl3N2O3. The molecule has 2 aliphatic rings. The van der Waals surface area contributed by atoms with Crippen molar-refractivity contribution in [3.63, 3.8) is 0 Å². The number of amides is 2. The SMILES string of the molecule is O=C1C2ON(c3ccccc3)C(c3ccccc3Cl)C2C(=O)N1c1ccc(Cl)c(Cl)c1. The summed E-state index contributed by atoms with van der Waals surface area (Å²) >= 11 is 18.6. The average Bonchev–Trinajstić information content (AvgIpc) is 3.27. The minimum absolute atomic E-state index is 0.256. The lowest BCUT2D eigenvalue weighted by Gasteiger charge is -2.29. The van der Waals surface area contributed by atoms with Crippen molar-refractivity contribution in [3.8, 4) is 0 Å². The molecule has 2 aliphatic heterocycles. The number of para-hydroxylation sites is 1. The number of rotatable bonds is 3. The third kappa shape index (κ3) is 3.29. The van der Waals surface area contributed by atoms with Gasteiger partial charge >= 0.3 is 0 Å². The van der Waals surface area contributed by atoms with Crippen LogP contribution in [0.3, 0.4) is 0 Å². The van der Waals surface area contributed by atoms with Crippen LogP contribution in [0.2, 0.25) is 15.1 Å².